The molecular weight excluding hydrogens is 264 g/mol. The summed E-state index contributed by atoms with van der Waals surface area (Å²) < 4.78 is 4.44. The maximum atomic E-state index is 11.6. The molecule has 0 bridgehead atoms. The van der Waals surface area contributed by atoms with Crippen molar-refractivity contribution >= 4 is 18.0 Å². The summed E-state index contributed by atoms with van der Waals surface area (Å²) >= 11 is 0. The van der Waals surface area contributed by atoms with Crippen LogP contribution in [0.3, 0.4) is 0 Å². The van der Waals surface area contributed by atoms with Gasteiger partial charge >= 0.3 is 18.0 Å². The number of ether oxygens (including phenoxy) is 1. The van der Waals surface area contributed by atoms with Crippen molar-refractivity contribution in [1.82, 2.24) is 10.6 Å². The fourth-order valence-corrected chi connectivity index (χ4v) is 2.28. The Bertz CT molecular complexity index is 353. The molecule has 1 saturated carbocycles. The van der Waals surface area contributed by atoms with E-state index >= 15 is 0 Å². The molecule has 0 saturated heterocycles. The van der Waals surface area contributed by atoms with Gasteiger partial charge in [0.1, 0.15) is 6.04 Å². The number of carboxylic acid groups (broad SMARTS) is 1. The van der Waals surface area contributed by atoms with Crippen molar-refractivity contribution in [3.05, 3.63) is 0 Å². The zero-order valence-corrected chi connectivity index (χ0v) is 11.7. The van der Waals surface area contributed by atoms with Gasteiger partial charge in [0.2, 0.25) is 0 Å². The molecular formula is C13H22N2O5. The number of carbonyl (C=O) groups excluding carboxylic acids is 2. The molecule has 0 radical (unpaired) electrons. The number of esters is 1. The summed E-state index contributed by atoms with van der Waals surface area (Å²) in [4.78, 5) is 33.6. The molecule has 1 rings (SSSR count). The minimum Gasteiger partial charge on any atom is -0.480 e. The minimum atomic E-state index is -1.16. The van der Waals surface area contributed by atoms with E-state index in [1.165, 1.54) is 20.0 Å². The Hall–Kier alpha value is -1.79. The largest absolute Gasteiger partial charge is 0.480 e. The number of amides is 2. The second kappa shape index (κ2) is 8.39. The zero-order valence-electron chi connectivity index (χ0n) is 11.7. The van der Waals surface area contributed by atoms with E-state index in [1.807, 2.05) is 0 Å². The number of urea groups is 1. The van der Waals surface area contributed by atoms with Crippen molar-refractivity contribution in [2.45, 2.75) is 44.6 Å². The van der Waals surface area contributed by atoms with Crippen LogP contribution in [-0.2, 0) is 14.3 Å². The number of hydrogen-bond acceptors (Lipinski definition) is 4. The lowest BCUT2D eigenvalue weighted by molar-refractivity contribution is -0.142. The van der Waals surface area contributed by atoms with E-state index in [9.17, 15) is 14.4 Å². The highest BCUT2D eigenvalue weighted by Crippen LogP contribution is 2.23. The predicted molar refractivity (Wildman–Crippen MR) is 71.2 cm³/mol. The highest BCUT2D eigenvalue weighted by Gasteiger charge is 2.22. The monoisotopic (exact) mass is 286 g/mol. The molecule has 1 fully saturated rings. The number of carbonyl (C=O) groups is 3. The topological polar surface area (TPSA) is 105 Å². The summed E-state index contributed by atoms with van der Waals surface area (Å²) in [5, 5.41) is 14.0. The molecule has 0 unspecified atom stereocenters. The molecule has 0 aromatic rings. The average molecular weight is 286 g/mol. The molecule has 0 aromatic carbocycles. The third kappa shape index (κ3) is 5.90. The molecule has 0 heterocycles. The summed E-state index contributed by atoms with van der Waals surface area (Å²) in [7, 11) is 1.24. The molecule has 0 spiro atoms. The Kier molecular flexibility index (Phi) is 6.83. The van der Waals surface area contributed by atoms with E-state index < -0.39 is 24.0 Å². The summed E-state index contributed by atoms with van der Waals surface area (Å²) in [6.07, 6.45) is 4.54. The van der Waals surface area contributed by atoms with Crippen molar-refractivity contribution in [1.29, 1.82) is 0 Å². The van der Waals surface area contributed by atoms with Gasteiger partial charge in [-0.1, -0.05) is 12.8 Å². The highest BCUT2D eigenvalue weighted by atomic mass is 16.5. The van der Waals surface area contributed by atoms with Gasteiger partial charge < -0.3 is 20.5 Å². The van der Waals surface area contributed by atoms with Gasteiger partial charge in [0, 0.05) is 13.0 Å². The summed E-state index contributed by atoms with van der Waals surface area (Å²) in [6.45, 7) is 0.565. The van der Waals surface area contributed by atoms with Gasteiger partial charge in [-0.3, -0.25) is 4.79 Å². The first-order valence-corrected chi connectivity index (χ1v) is 6.87. The van der Waals surface area contributed by atoms with Crippen LogP contribution in [0.15, 0.2) is 0 Å². The van der Waals surface area contributed by atoms with Crippen LogP contribution in [0.5, 0.6) is 0 Å². The van der Waals surface area contributed by atoms with E-state index in [-0.39, 0.29) is 12.8 Å². The zero-order chi connectivity index (χ0) is 15.0. The SMILES string of the molecule is COC(=O)CC[C@@H](NC(=O)NCC1CCCC1)C(=O)O. The smallest absolute Gasteiger partial charge is 0.326 e. The first kappa shape index (κ1) is 16.3. The van der Waals surface area contributed by atoms with Crippen LogP contribution in [0.1, 0.15) is 38.5 Å². The molecule has 1 aliphatic carbocycles. The molecule has 3 N–H and O–H groups in total. The van der Waals surface area contributed by atoms with E-state index in [2.05, 4.69) is 15.4 Å². The molecule has 2 amide bonds. The van der Waals surface area contributed by atoms with Crippen molar-refractivity contribution < 1.29 is 24.2 Å². The summed E-state index contributed by atoms with van der Waals surface area (Å²) in [6, 6.07) is -1.59. The fourth-order valence-electron chi connectivity index (χ4n) is 2.28. The maximum Gasteiger partial charge on any atom is 0.326 e. The van der Waals surface area contributed by atoms with Crippen LogP contribution >= 0.6 is 0 Å². The lowest BCUT2D eigenvalue weighted by Crippen LogP contribution is -2.47. The van der Waals surface area contributed by atoms with Gasteiger partial charge in [-0.15, -0.1) is 0 Å². The third-order valence-corrected chi connectivity index (χ3v) is 3.49. The van der Waals surface area contributed by atoms with Crippen LogP contribution in [0, 0.1) is 5.92 Å². The van der Waals surface area contributed by atoms with Crippen molar-refractivity contribution in [2.75, 3.05) is 13.7 Å². The van der Waals surface area contributed by atoms with E-state index in [4.69, 9.17) is 5.11 Å². The van der Waals surface area contributed by atoms with Gasteiger partial charge in [0.05, 0.1) is 7.11 Å². The number of methoxy groups -OCH3 is 1. The van der Waals surface area contributed by atoms with Gasteiger partial charge in [-0.2, -0.15) is 0 Å². The number of rotatable bonds is 7. The van der Waals surface area contributed by atoms with Gasteiger partial charge in [-0.25, -0.2) is 9.59 Å². The van der Waals surface area contributed by atoms with E-state index in [1.54, 1.807) is 0 Å². The molecule has 1 aliphatic rings. The Balaban J connectivity index is 2.30. The van der Waals surface area contributed by atoms with Crippen LogP contribution < -0.4 is 10.6 Å². The average Bonchev–Trinajstić information content (AvgIpc) is 2.93. The first-order chi connectivity index (χ1) is 9.52. The lowest BCUT2D eigenvalue weighted by atomic mass is 10.1. The predicted octanol–water partition coefficient (Wildman–Crippen LogP) is 0.882. The molecule has 0 aliphatic heterocycles. The molecule has 0 aromatic heterocycles. The Morgan fingerprint density at radius 1 is 1.30 bits per heavy atom. The van der Waals surface area contributed by atoms with Crippen LogP contribution in [0.4, 0.5) is 4.79 Å². The first-order valence-electron chi connectivity index (χ1n) is 6.87. The Labute approximate surface area is 118 Å². The Morgan fingerprint density at radius 2 is 1.95 bits per heavy atom. The highest BCUT2D eigenvalue weighted by molar-refractivity contribution is 5.83. The minimum absolute atomic E-state index is 0.0128. The number of aliphatic carboxylic acids is 1. The van der Waals surface area contributed by atoms with Gasteiger partial charge in [0.15, 0.2) is 0 Å². The van der Waals surface area contributed by atoms with E-state index in [0.717, 1.165) is 12.8 Å². The number of hydrogen-bond donors (Lipinski definition) is 3. The Morgan fingerprint density at radius 3 is 2.50 bits per heavy atom. The summed E-state index contributed by atoms with van der Waals surface area (Å²) in [5.74, 6) is -1.17. The fraction of sp³-hybridized carbons (Fsp3) is 0.769. The second-order valence-electron chi connectivity index (χ2n) is 5.01. The van der Waals surface area contributed by atoms with Crippen LogP contribution in [-0.4, -0.2) is 42.8 Å². The molecule has 7 heteroatoms. The third-order valence-electron chi connectivity index (χ3n) is 3.49. The molecule has 20 heavy (non-hydrogen) atoms. The maximum absolute atomic E-state index is 11.6. The standard InChI is InChI=1S/C13H22N2O5/c1-20-11(16)7-6-10(12(17)18)15-13(19)14-8-9-4-2-3-5-9/h9-10H,2-8H2,1H3,(H,17,18)(H2,14,15,19)/t10-/m1/s1. The number of nitrogens with one attached hydrogen (secondary N) is 2. The number of carboxylic acids is 1. The lowest BCUT2D eigenvalue weighted by Gasteiger charge is -2.16. The summed E-state index contributed by atoms with van der Waals surface area (Å²) in [5.41, 5.74) is 0. The van der Waals surface area contributed by atoms with Crippen LogP contribution in [0.25, 0.3) is 0 Å². The van der Waals surface area contributed by atoms with Crippen molar-refractivity contribution in [3.63, 3.8) is 0 Å². The van der Waals surface area contributed by atoms with E-state index in [0.29, 0.717) is 12.5 Å². The normalized spacial score (nSPS) is 16.4. The quantitative estimate of drug-likeness (QED) is 0.603. The molecule has 7 nitrogen and oxygen atoms in total. The van der Waals surface area contributed by atoms with Crippen LogP contribution in [0.2, 0.25) is 0 Å². The van der Waals surface area contributed by atoms with Gasteiger partial charge in [0.25, 0.3) is 0 Å². The molecule has 114 valence electrons. The van der Waals surface area contributed by atoms with Crippen molar-refractivity contribution in [3.8, 4) is 0 Å². The molecule has 1 atom stereocenters. The van der Waals surface area contributed by atoms with Crippen molar-refractivity contribution in [2.24, 2.45) is 5.92 Å². The second-order valence-corrected chi connectivity index (χ2v) is 5.01. The van der Waals surface area contributed by atoms with Gasteiger partial charge in [-0.05, 0) is 25.2 Å².